The summed E-state index contributed by atoms with van der Waals surface area (Å²) < 4.78 is 4.94. The molecule has 0 spiro atoms. The lowest BCUT2D eigenvalue weighted by Gasteiger charge is -2.30. The number of nitrogens with one attached hydrogen (secondary N) is 1. The van der Waals surface area contributed by atoms with Crippen molar-refractivity contribution >= 4 is 11.9 Å². The highest BCUT2D eigenvalue weighted by Crippen LogP contribution is 2.17. The van der Waals surface area contributed by atoms with Gasteiger partial charge >= 0.3 is 5.97 Å². The van der Waals surface area contributed by atoms with Crippen LogP contribution in [0.25, 0.3) is 0 Å². The minimum atomic E-state index is -1.02. The quantitative estimate of drug-likeness (QED) is 0.786. The van der Waals surface area contributed by atoms with Crippen molar-refractivity contribution in [3.05, 3.63) is 35.4 Å². The van der Waals surface area contributed by atoms with E-state index in [4.69, 9.17) is 9.84 Å². The van der Waals surface area contributed by atoms with E-state index in [9.17, 15) is 9.59 Å². The lowest BCUT2D eigenvalue weighted by molar-refractivity contribution is -0.145. The SMILES string of the molecule is COCCN(CC(=O)O)C(=O)C1Cc2ccccc2CN1. The highest BCUT2D eigenvalue weighted by atomic mass is 16.5. The Bertz CT molecular complexity index is 518. The molecular weight excluding hydrogens is 272 g/mol. The van der Waals surface area contributed by atoms with E-state index < -0.39 is 5.97 Å². The minimum absolute atomic E-state index is 0.191. The van der Waals surface area contributed by atoms with Crippen molar-refractivity contribution in [2.75, 3.05) is 26.8 Å². The first-order valence-corrected chi connectivity index (χ1v) is 6.91. The maximum Gasteiger partial charge on any atom is 0.323 e. The van der Waals surface area contributed by atoms with Crippen molar-refractivity contribution in [2.45, 2.75) is 19.0 Å². The third-order valence-corrected chi connectivity index (χ3v) is 3.58. The third kappa shape index (κ3) is 4.03. The molecule has 0 fully saturated rings. The minimum Gasteiger partial charge on any atom is -0.480 e. The van der Waals surface area contributed by atoms with Gasteiger partial charge in [-0.05, 0) is 17.5 Å². The summed E-state index contributed by atoms with van der Waals surface area (Å²) in [4.78, 5) is 24.7. The second kappa shape index (κ2) is 7.19. The fraction of sp³-hybridized carbons (Fsp3) is 0.467. The number of nitrogens with zero attached hydrogens (tertiary/aromatic N) is 1. The normalized spacial score (nSPS) is 17.1. The number of hydrogen-bond acceptors (Lipinski definition) is 4. The van der Waals surface area contributed by atoms with Crippen LogP contribution in [0, 0.1) is 0 Å². The summed E-state index contributed by atoms with van der Waals surface area (Å²) in [7, 11) is 1.53. The average Bonchev–Trinajstić information content (AvgIpc) is 2.50. The molecule has 1 amide bonds. The predicted molar refractivity (Wildman–Crippen MR) is 76.9 cm³/mol. The van der Waals surface area contributed by atoms with E-state index >= 15 is 0 Å². The number of methoxy groups -OCH3 is 1. The van der Waals surface area contributed by atoms with Gasteiger partial charge in [0.05, 0.1) is 12.6 Å². The molecule has 1 heterocycles. The zero-order valence-electron chi connectivity index (χ0n) is 12.0. The summed E-state index contributed by atoms with van der Waals surface area (Å²) >= 11 is 0. The number of amides is 1. The number of carboxylic acids is 1. The Labute approximate surface area is 123 Å². The molecule has 0 radical (unpaired) electrons. The Morgan fingerprint density at radius 1 is 1.38 bits per heavy atom. The molecule has 0 saturated carbocycles. The van der Waals surface area contributed by atoms with Crippen LogP contribution in [-0.4, -0.2) is 54.7 Å². The summed E-state index contributed by atoms with van der Waals surface area (Å²) in [6.07, 6.45) is 0.581. The summed E-state index contributed by atoms with van der Waals surface area (Å²) in [5, 5.41) is 12.1. The number of carbonyl (C=O) groups excluding carboxylic acids is 1. The summed E-state index contributed by atoms with van der Waals surface area (Å²) in [6.45, 7) is 0.920. The van der Waals surface area contributed by atoms with Crippen LogP contribution in [0.2, 0.25) is 0 Å². The lowest BCUT2D eigenvalue weighted by Crippen LogP contribution is -2.51. The number of hydrogen-bond donors (Lipinski definition) is 2. The van der Waals surface area contributed by atoms with Crippen molar-refractivity contribution in [1.29, 1.82) is 0 Å². The first-order chi connectivity index (χ1) is 10.1. The van der Waals surface area contributed by atoms with E-state index in [-0.39, 0.29) is 25.0 Å². The topological polar surface area (TPSA) is 78.9 Å². The van der Waals surface area contributed by atoms with E-state index in [0.717, 1.165) is 5.56 Å². The van der Waals surface area contributed by atoms with E-state index in [0.29, 0.717) is 19.6 Å². The van der Waals surface area contributed by atoms with Gasteiger partial charge in [-0.25, -0.2) is 0 Å². The van der Waals surface area contributed by atoms with E-state index in [1.165, 1.54) is 17.6 Å². The zero-order chi connectivity index (χ0) is 15.2. The zero-order valence-corrected chi connectivity index (χ0v) is 12.0. The Morgan fingerprint density at radius 2 is 2.10 bits per heavy atom. The molecule has 2 rings (SSSR count). The summed E-state index contributed by atoms with van der Waals surface area (Å²) in [5.74, 6) is -1.21. The van der Waals surface area contributed by atoms with Gasteiger partial charge in [0.25, 0.3) is 0 Å². The third-order valence-electron chi connectivity index (χ3n) is 3.58. The molecule has 1 unspecified atom stereocenters. The number of ether oxygens (including phenoxy) is 1. The van der Waals surface area contributed by atoms with Gasteiger partial charge in [-0.2, -0.15) is 0 Å². The van der Waals surface area contributed by atoms with Gasteiger partial charge in [0, 0.05) is 20.2 Å². The van der Waals surface area contributed by atoms with Gasteiger partial charge in [0.15, 0.2) is 0 Å². The highest BCUT2D eigenvalue weighted by molar-refractivity contribution is 5.86. The smallest absolute Gasteiger partial charge is 0.323 e. The molecule has 0 bridgehead atoms. The molecule has 0 saturated heterocycles. The van der Waals surface area contributed by atoms with Crippen molar-refractivity contribution in [3.8, 4) is 0 Å². The fourth-order valence-corrected chi connectivity index (χ4v) is 2.48. The Balaban J connectivity index is 2.05. The molecule has 0 aliphatic carbocycles. The van der Waals surface area contributed by atoms with Crippen LogP contribution >= 0.6 is 0 Å². The molecule has 21 heavy (non-hydrogen) atoms. The monoisotopic (exact) mass is 292 g/mol. The maximum atomic E-state index is 12.5. The van der Waals surface area contributed by atoms with Gasteiger partial charge < -0.3 is 20.1 Å². The number of fused-ring (bicyclic) bond motifs is 1. The number of carbonyl (C=O) groups is 2. The highest BCUT2D eigenvalue weighted by Gasteiger charge is 2.28. The molecule has 6 heteroatoms. The first kappa shape index (κ1) is 15.5. The molecule has 6 nitrogen and oxygen atoms in total. The number of aliphatic carboxylic acids is 1. The summed E-state index contributed by atoms with van der Waals surface area (Å²) in [6, 6.07) is 7.58. The van der Waals surface area contributed by atoms with Crippen LogP contribution in [0.4, 0.5) is 0 Å². The van der Waals surface area contributed by atoms with Crippen molar-refractivity contribution in [1.82, 2.24) is 10.2 Å². The van der Waals surface area contributed by atoms with Crippen LogP contribution < -0.4 is 5.32 Å². The Hall–Kier alpha value is -1.92. The average molecular weight is 292 g/mol. The first-order valence-electron chi connectivity index (χ1n) is 6.91. The van der Waals surface area contributed by atoms with E-state index in [1.54, 1.807) is 0 Å². The second-order valence-electron chi connectivity index (χ2n) is 5.05. The molecule has 114 valence electrons. The molecule has 0 aromatic heterocycles. The van der Waals surface area contributed by atoms with Gasteiger partial charge in [0.2, 0.25) is 5.91 Å². The van der Waals surface area contributed by atoms with Crippen molar-refractivity contribution < 1.29 is 19.4 Å². The number of rotatable bonds is 6. The molecular formula is C15H20N2O4. The lowest BCUT2D eigenvalue weighted by atomic mass is 9.95. The number of benzene rings is 1. The largest absolute Gasteiger partial charge is 0.480 e. The van der Waals surface area contributed by atoms with Crippen LogP contribution in [0.3, 0.4) is 0 Å². The van der Waals surface area contributed by atoms with Crippen molar-refractivity contribution in [2.24, 2.45) is 0 Å². The number of carboxylic acid groups (broad SMARTS) is 1. The van der Waals surface area contributed by atoms with Crippen LogP contribution in [-0.2, 0) is 27.3 Å². The molecule has 2 N–H and O–H groups in total. The van der Waals surface area contributed by atoms with Gasteiger partial charge in [0.1, 0.15) is 6.54 Å². The van der Waals surface area contributed by atoms with Gasteiger partial charge in [-0.15, -0.1) is 0 Å². The standard InChI is InChI=1S/C15H20N2O4/c1-21-7-6-17(10-14(18)19)15(20)13-8-11-4-2-3-5-12(11)9-16-13/h2-5,13,16H,6-10H2,1H3,(H,18,19). The second-order valence-corrected chi connectivity index (χ2v) is 5.05. The predicted octanol–water partition coefficient (Wildman–Crippen LogP) is 0.261. The van der Waals surface area contributed by atoms with Gasteiger partial charge in [-0.3, -0.25) is 9.59 Å². The molecule has 1 aliphatic heterocycles. The summed E-state index contributed by atoms with van der Waals surface area (Å²) in [5.41, 5.74) is 2.32. The Kier molecular flexibility index (Phi) is 5.30. The molecule has 1 aromatic carbocycles. The Morgan fingerprint density at radius 3 is 2.76 bits per heavy atom. The van der Waals surface area contributed by atoms with Crippen LogP contribution in [0.5, 0.6) is 0 Å². The molecule has 1 aromatic rings. The molecule has 1 atom stereocenters. The van der Waals surface area contributed by atoms with Crippen molar-refractivity contribution in [3.63, 3.8) is 0 Å². The van der Waals surface area contributed by atoms with Crippen LogP contribution in [0.15, 0.2) is 24.3 Å². The molecule has 1 aliphatic rings. The maximum absolute atomic E-state index is 12.5. The van der Waals surface area contributed by atoms with Gasteiger partial charge in [-0.1, -0.05) is 24.3 Å². The van der Waals surface area contributed by atoms with E-state index in [1.807, 2.05) is 24.3 Å². The van der Waals surface area contributed by atoms with E-state index in [2.05, 4.69) is 5.32 Å². The van der Waals surface area contributed by atoms with Crippen LogP contribution in [0.1, 0.15) is 11.1 Å². The fourth-order valence-electron chi connectivity index (χ4n) is 2.48.